The van der Waals surface area contributed by atoms with E-state index < -0.39 is 0 Å². The van der Waals surface area contributed by atoms with Gasteiger partial charge < -0.3 is 0 Å². The van der Waals surface area contributed by atoms with E-state index in [0.717, 1.165) is 5.57 Å². The van der Waals surface area contributed by atoms with Gasteiger partial charge in [-0.15, -0.1) is 22.5 Å². The monoisotopic (exact) mass is 398 g/mol. The average molecular weight is 400 g/mol. The first-order valence-electron chi connectivity index (χ1n) is 7.32. The van der Waals surface area contributed by atoms with E-state index in [1.807, 2.05) is 40.7 Å². The van der Waals surface area contributed by atoms with Gasteiger partial charge in [0.1, 0.15) is 0 Å². The second-order valence-corrected chi connectivity index (χ2v) is 4.53. The molecule has 0 saturated heterocycles. The van der Waals surface area contributed by atoms with Crippen molar-refractivity contribution in [1.29, 1.82) is 0 Å². The van der Waals surface area contributed by atoms with Crippen LogP contribution in [0.5, 0.6) is 0 Å². The Morgan fingerprint density at radius 2 is 1.87 bits per heavy atom. The van der Waals surface area contributed by atoms with Crippen LogP contribution in [0.4, 0.5) is 0 Å². The zero-order valence-corrected chi connectivity index (χ0v) is 16.9. The van der Waals surface area contributed by atoms with Gasteiger partial charge in [0.25, 0.3) is 0 Å². The molecule has 0 bridgehead atoms. The summed E-state index contributed by atoms with van der Waals surface area (Å²) in [4.78, 5) is 0. The average Bonchev–Trinajstić information content (AvgIpc) is 2.97. The third-order valence-electron chi connectivity index (χ3n) is 2.09. The van der Waals surface area contributed by atoms with Crippen LogP contribution in [0, 0.1) is 12.3 Å². The second-order valence-electron chi connectivity index (χ2n) is 3.31. The molecule has 0 aromatic carbocycles. The van der Waals surface area contributed by atoms with Crippen molar-refractivity contribution in [2.75, 3.05) is 0 Å². The molecule has 126 valence electrons. The summed E-state index contributed by atoms with van der Waals surface area (Å²) >= 11 is 9.21. The zero-order valence-electron chi connectivity index (χ0n) is 14.6. The number of aromatic nitrogens is 4. The van der Waals surface area contributed by atoms with Gasteiger partial charge in [-0.3, -0.25) is 0 Å². The van der Waals surface area contributed by atoms with E-state index in [0.29, 0.717) is 21.1 Å². The molecule has 0 fully saturated rings. The molecular weight excluding hydrogens is 376 g/mol. The molecule has 4 nitrogen and oxygen atoms in total. The second kappa shape index (κ2) is 14.0. The van der Waals surface area contributed by atoms with Gasteiger partial charge >= 0.3 is 0 Å². The highest BCUT2D eigenvalue weighted by atomic mass is 79.9. The fourth-order valence-electron chi connectivity index (χ4n) is 1.31. The standard InChI is InChI=1S/C10H8BrClN4.C3H4.2C2H6/c1-3-6(4-2)10-14-13-8-5-7(11)9(12)15-16(8)10;1-3-2;2*1-2/h3-5H,1H2,2H3;1H,2H3;2*1-2H3/b6-4+;;;. The molecule has 2 rings (SSSR count). The summed E-state index contributed by atoms with van der Waals surface area (Å²) in [5, 5.41) is 12.6. The van der Waals surface area contributed by atoms with Gasteiger partial charge in [0.2, 0.25) is 0 Å². The maximum absolute atomic E-state index is 5.93. The maximum Gasteiger partial charge on any atom is 0.185 e. The third kappa shape index (κ3) is 6.98. The van der Waals surface area contributed by atoms with E-state index in [9.17, 15) is 0 Å². The van der Waals surface area contributed by atoms with Crippen molar-refractivity contribution >= 4 is 38.8 Å². The number of terminal acetylenes is 1. The van der Waals surface area contributed by atoms with Gasteiger partial charge in [-0.2, -0.15) is 9.61 Å². The number of hydrogen-bond acceptors (Lipinski definition) is 3. The van der Waals surface area contributed by atoms with Gasteiger partial charge in [0.05, 0.1) is 4.47 Å². The summed E-state index contributed by atoms with van der Waals surface area (Å²) in [5.74, 6) is 2.88. The number of allylic oxidation sites excluding steroid dienone is 3. The first-order chi connectivity index (χ1) is 11.1. The van der Waals surface area contributed by atoms with E-state index in [1.54, 1.807) is 23.6 Å². The molecule has 0 aliphatic carbocycles. The molecule has 0 amide bonds. The largest absolute Gasteiger partial charge is 0.191 e. The van der Waals surface area contributed by atoms with Crippen molar-refractivity contribution in [3.63, 3.8) is 0 Å². The van der Waals surface area contributed by atoms with E-state index in [2.05, 4.69) is 50.1 Å². The number of nitrogens with zero attached hydrogens (tertiary/aromatic N) is 4. The van der Waals surface area contributed by atoms with Crippen LogP contribution in [0.25, 0.3) is 11.2 Å². The van der Waals surface area contributed by atoms with Crippen LogP contribution >= 0.6 is 27.5 Å². The molecule has 0 spiro atoms. The normalized spacial score (nSPS) is 9.26. The highest BCUT2D eigenvalue weighted by Gasteiger charge is 2.11. The molecule has 2 aromatic heterocycles. The summed E-state index contributed by atoms with van der Waals surface area (Å²) in [5.41, 5.74) is 1.49. The zero-order chi connectivity index (χ0) is 18.4. The molecule has 23 heavy (non-hydrogen) atoms. The highest BCUT2D eigenvalue weighted by Crippen LogP contribution is 2.22. The number of fused-ring (bicyclic) bond motifs is 1. The Morgan fingerprint density at radius 3 is 2.30 bits per heavy atom. The summed E-state index contributed by atoms with van der Waals surface area (Å²) in [6.45, 7) is 15.3. The lowest BCUT2D eigenvalue weighted by molar-refractivity contribution is 0.904. The lowest BCUT2D eigenvalue weighted by Gasteiger charge is -2.00. The molecule has 0 radical (unpaired) electrons. The van der Waals surface area contributed by atoms with Gasteiger partial charge in [-0.25, -0.2) is 0 Å². The molecule has 0 atom stereocenters. The fourth-order valence-corrected chi connectivity index (χ4v) is 1.72. The lowest BCUT2D eigenvalue weighted by atomic mass is 10.2. The maximum atomic E-state index is 5.93. The first-order valence-corrected chi connectivity index (χ1v) is 8.50. The van der Waals surface area contributed by atoms with Crippen molar-refractivity contribution in [1.82, 2.24) is 19.8 Å². The van der Waals surface area contributed by atoms with Gasteiger partial charge in [0.15, 0.2) is 16.6 Å². The van der Waals surface area contributed by atoms with Crippen LogP contribution in [0.1, 0.15) is 47.4 Å². The smallest absolute Gasteiger partial charge is 0.185 e. The summed E-state index contributed by atoms with van der Waals surface area (Å²) in [6.07, 6.45) is 8.19. The predicted molar refractivity (Wildman–Crippen MR) is 105 cm³/mol. The third-order valence-corrected chi connectivity index (χ3v) is 3.21. The topological polar surface area (TPSA) is 43.1 Å². The van der Waals surface area contributed by atoms with Crippen LogP contribution in [0.2, 0.25) is 5.15 Å². The lowest BCUT2D eigenvalue weighted by Crippen LogP contribution is -1.98. The Bertz CT molecular complexity index is 669. The van der Waals surface area contributed by atoms with Crippen molar-refractivity contribution in [3.8, 4) is 12.3 Å². The first kappa shape index (κ1) is 23.6. The molecule has 2 heterocycles. The summed E-state index contributed by atoms with van der Waals surface area (Å²) < 4.78 is 2.28. The van der Waals surface area contributed by atoms with Crippen molar-refractivity contribution in [2.24, 2.45) is 0 Å². The molecule has 0 unspecified atom stereocenters. The van der Waals surface area contributed by atoms with Crippen LogP contribution in [0.15, 0.2) is 29.3 Å². The summed E-state index contributed by atoms with van der Waals surface area (Å²) in [7, 11) is 0. The Labute approximate surface area is 152 Å². The fraction of sp³-hybridized carbons (Fsp3) is 0.353. The van der Waals surface area contributed by atoms with E-state index >= 15 is 0 Å². The van der Waals surface area contributed by atoms with Crippen LogP contribution in [-0.2, 0) is 0 Å². The Balaban J connectivity index is 0. The molecule has 0 saturated carbocycles. The molecule has 0 aliphatic rings. The Kier molecular flexibility index (Phi) is 14.4. The number of halogens is 2. The molecular formula is C17H24BrClN4. The minimum atomic E-state index is 0.369. The van der Waals surface area contributed by atoms with E-state index in [4.69, 9.17) is 11.6 Å². The van der Waals surface area contributed by atoms with E-state index in [1.165, 1.54) is 0 Å². The Hall–Kier alpha value is -1.64. The number of rotatable bonds is 2. The van der Waals surface area contributed by atoms with E-state index in [-0.39, 0.29) is 0 Å². The van der Waals surface area contributed by atoms with Gasteiger partial charge in [0, 0.05) is 11.6 Å². The van der Waals surface area contributed by atoms with Gasteiger partial charge in [-0.05, 0) is 29.8 Å². The van der Waals surface area contributed by atoms with Crippen molar-refractivity contribution in [2.45, 2.75) is 41.5 Å². The molecule has 6 heteroatoms. The minimum absolute atomic E-state index is 0.369. The highest BCUT2D eigenvalue weighted by molar-refractivity contribution is 9.10. The molecule has 0 aliphatic heterocycles. The van der Waals surface area contributed by atoms with Crippen LogP contribution in [-0.4, -0.2) is 19.8 Å². The minimum Gasteiger partial charge on any atom is -0.191 e. The Morgan fingerprint density at radius 1 is 1.35 bits per heavy atom. The van der Waals surface area contributed by atoms with Crippen molar-refractivity contribution in [3.05, 3.63) is 40.2 Å². The summed E-state index contributed by atoms with van der Waals surface area (Å²) in [6, 6.07) is 1.77. The molecule has 2 aromatic rings. The van der Waals surface area contributed by atoms with Crippen molar-refractivity contribution < 1.29 is 0 Å². The number of hydrogen-bond donors (Lipinski definition) is 0. The SMILES string of the molecule is C#CC.C=C/C(=C\C)c1nnc2cc(Br)c(Cl)nn12.CC.CC. The quantitative estimate of drug-likeness (QED) is 0.472. The molecule has 0 N–H and O–H groups in total. The van der Waals surface area contributed by atoms with Gasteiger partial charge in [-0.1, -0.05) is 58.0 Å². The van der Waals surface area contributed by atoms with Crippen LogP contribution < -0.4 is 0 Å². The van der Waals surface area contributed by atoms with Crippen LogP contribution in [0.3, 0.4) is 0 Å². The predicted octanol–water partition coefficient (Wildman–Crippen LogP) is 5.82.